The number of amides is 2. The minimum absolute atomic E-state index is 0.0294. The van der Waals surface area contributed by atoms with E-state index in [9.17, 15) is 9.18 Å². The van der Waals surface area contributed by atoms with Crippen LogP contribution in [0.4, 0.5) is 9.18 Å². The molecule has 4 rings (SSSR count). The molecule has 0 atom stereocenters. The van der Waals surface area contributed by atoms with Gasteiger partial charge in [0.05, 0.1) is 16.8 Å². The third-order valence-electron chi connectivity index (χ3n) is 4.32. The van der Waals surface area contributed by atoms with Crippen LogP contribution in [0.2, 0.25) is 0 Å². The summed E-state index contributed by atoms with van der Waals surface area (Å²) in [6.07, 6.45) is 1.55. The lowest BCUT2D eigenvalue weighted by Gasteiger charge is -2.31. The largest absolute Gasteiger partial charge is 0.467 e. The van der Waals surface area contributed by atoms with Crippen LogP contribution in [0.5, 0.6) is 5.19 Å². The van der Waals surface area contributed by atoms with Gasteiger partial charge in [-0.15, -0.1) is 11.3 Å². The molecule has 2 aromatic heterocycles. The number of carbonyl (C=O) groups is 1. The highest BCUT2D eigenvalue weighted by atomic mass is 32.1. The van der Waals surface area contributed by atoms with Crippen molar-refractivity contribution < 1.29 is 13.9 Å². The predicted octanol–water partition coefficient (Wildman–Crippen LogP) is 4.25. The minimum atomic E-state index is -0.269. The molecule has 2 amide bonds. The molecule has 0 spiro atoms. The zero-order valence-electron chi connectivity index (χ0n) is 14.0. The number of ether oxygens (including phenoxy) is 1. The normalized spacial score (nSPS) is 15.3. The Morgan fingerprint density at radius 3 is 2.96 bits per heavy atom. The third kappa shape index (κ3) is 3.96. The molecule has 26 heavy (non-hydrogen) atoms. The Morgan fingerprint density at radius 2 is 2.19 bits per heavy atom. The second-order valence-corrected chi connectivity index (χ2v) is 8.16. The molecule has 3 aromatic rings. The van der Waals surface area contributed by atoms with E-state index in [0.29, 0.717) is 24.8 Å². The SMILES string of the molecule is O=C(NCc1cccs1)N1CCC(Oc2nc3ccc(F)cc3s2)CC1. The average molecular weight is 391 g/mol. The van der Waals surface area contributed by atoms with Gasteiger partial charge in [-0.1, -0.05) is 17.4 Å². The van der Waals surface area contributed by atoms with E-state index in [1.807, 2.05) is 22.4 Å². The van der Waals surface area contributed by atoms with Crippen molar-refractivity contribution in [2.75, 3.05) is 13.1 Å². The van der Waals surface area contributed by atoms with Crippen LogP contribution in [0.25, 0.3) is 10.2 Å². The molecule has 1 aromatic carbocycles. The lowest BCUT2D eigenvalue weighted by Crippen LogP contribution is -2.46. The number of aromatic nitrogens is 1. The summed E-state index contributed by atoms with van der Waals surface area (Å²) in [6.45, 7) is 1.87. The Bertz CT molecular complexity index is 889. The molecular formula is C18H18FN3O2S2. The van der Waals surface area contributed by atoms with E-state index in [1.54, 1.807) is 17.4 Å². The number of piperidine rings is 1. The number of nitrogens with zero attached hydrogens (tertiary/aromatic N) is 2. The standard InChI is InChI=1S/C18H18FN3O2S2/c19-12-3-4-15-16(10-12)26-18(21-15)24-13-5-7-22(8-6-13)17(23)20-11-14-2-1-9-25-14/h1-4,9-10,13H,5-8,11H2,(H,20,23). The van der Waals surface area contributed by atoms with Crippen molar-refractivity contribution in [2.24, 2.45) is 0 Å². The predicted molar refractivity (Wildman–Crippen MR) is 101 cm³/mol. The Kier molecular flexibility index (Phi) is 5.03. The Morgan fingerprint density at radius 1 is 1.35 bits per heavy atom. The zero-order valence-corrected chi connectivity index (χ0v) is 15.6. The molecular weight excluding hydrogens is 373 g/mol. The molecule has 0 aliphatic carbocycles. The van der Waals surface area contributed by atoms with Crippen molar-refractivity contribution in [1.29, 1.82) is 0 Å². The summed E-state index contributed by atoms with van der Waals surface area (Å²) in [6, 6.07) is 8.49. The number of nitrogens with one attached hydrogen (secondary N) is 1. The molecule has 0 bridgehead atoms. The minimum Gasteiger partial charge on any atom is -0.467 e. The summed E-state index contributed by atoms with van der Waals surface area (Å²) in [5.41, 5.74) is 0.747. The second kappa shape index (κ2) is 7.59. The molecule has 1 aliphatic heterocycles. The van der Waals surface area contributed by atoms with Crippen LogP contribution in [0, 0.1) is 5.82 Å². The fourth-order valence-corrected chi connectivity index (χ4v) is 4.49. The Labute approximate surface area is 158 Å². The quantitative estimate of drug-likeness (QED) is 0.723. The fourth-order valence-electron chi connectivity index (χ4n) is 2.93. The van der Waals surface area contributed by atoms with Crippen molar-refractivity contribution in [2.45, 2.75) is 25.5 Å². The molecule has 1 saturated heterocycles. The first-order valence-corrected chi connectivity index (χ1v) is 10.1. The van der Waals surface area contributed by atoms with E-state index in [1.165, 1.54) is 23.5 Å². The molecule has 1 N–H and O–H groups in total. The summed E-state index contributed by atoms with van der Waals surface area (Å²) in [7, 11) is 0. The summed E-state index contributed by atoms with van der Waals surface area (Å²) in [5, 5.41) is 5.52. The number of likely N-dealkylation sites (tertiary alicyclic amines) is 1. The topological polar surface area (TPSA) is 54.5 Å². The molecule has 136 valence electrons. The van der Waals surface area contributed by atoms with Crippen molar-refractivity contribution in [3.05, 3.63) is 46.4 Å². The van der Waals surface area contributed by atoms with Crippen LogP contribution in [0.1, 0.15) is 17.7 Å². The number of benzene rings is 1. The van der Waals surface area contributed by atoms with Crippen LogP contribution in [-0.2, 0) is 6.54 Å². The van der Waals surface area contributed by atoms with Crippen molar-refractivity contribution in [3.63, 3.8) is 0 Å². The van der Waals surface area contributed by atoms with Gasteiger partial charge in [0.2, 0.25) is 0 Å². The van der Waals surface area contributed by atoms with Gasteiger partial charge < -0.3 is 15.0 Å². The molecule has 0 saturated carbocycles. The number of urea groups is 1. The van der Waals surface area contributed by atoms with Crippen LogP contribution in [0.3, 0.4) is 0 Å². The first-order chi connectivity index (χ1) is 12.7. The lowest BCUT2D eigenvalue weighted by molar-refractivity contribution is 0.111. The van der Waals surface area contributed by atoms with E-state index < -0.39 is 0 Å². The number of hydrogen-bond donors (Lipinski definition) is 1. The zero-order chi connectivity index (χ0) is 17.9. The number of thiazole rings is 1. The number of fused-ring (bicyclic) bond motifs is 1. The molecule has 1 aliphatic rings. The highest BCUT2D eigenvalue weighted by molar-refractivity contribution is 7.20. The van der Waals surface area contributed by atoms with Gasteiger partial charge in [0.15, 0.2) is 0 Å². The second-order valence-electron chi connectivity index (χ2n) is 6.13. The highest BCUT2D eigenvalue weighted by Gasteiger charge is 2.24. The molecule has 8 heteroatoms. The number of rotatable bonds is 4. The van der Waals surface area contributed by atoms with Gasteiger partial charge in [0, 0.05) is 30.8 Å². The molecule has 0 radical (unpaired) electrons. The van der Waals surface area contributed by atoms with Gasteiger partial charge in [-0.25, -0.2) is 14.2 Å². The van der Waals surface area contributed by atoms with Gasteiger partial charge in [-0.05, 0) is 29.6 Å². The Balaban J connectivity index is 1.28. The number of thiophene rings is 1. The van der Waals surface area contributed by atoms with E-state index in [-0.39, 0.29) is 18.0 Å². The maximum Gasteiger partial charge on any atom is 0.317 e. The fraction of sp³-hybridized carbons (Fsp3) is 0.333. The average Bonchev–Trinajstić information content (AvgIpc) is 3.29. The van der Waals surface area contributed by atoms with Crippen LogP contribution in [-0.4, -0.2) is 35.1 Å². The third-order valence-corrected chi connectivity index (χ3v) is 6.11. The molecule has 5 nitrogen and oxygen atoms in total. The molecule has 1 fully saturated rings. The van der Waals surface area contributed by atoms with E-state index in [2.05, 4.69) is 10.3 Å². The van der Waals surface area contributed by atoms with Crippen molar-refractivity contribution in [1.82, 2.24) is 15.2 Å². The number of hydrogen-bond acceptors (Lipinski definition) is 5. The van der Waals surface area contributed by atoms with E-state index in [0.717, 1.165) is 27.9 Å². The molecule has 0 unspecified atom stereocenters. The van der Waals surface area contributed by atoms with E-state index >= 15 is 0 Å². The summed E-state index contributed by atoms with van der Waals surface area (Å²) in [5.74, 6) is -0.269. The number of carbonyl (C=O) groups excluding carboxylic acids is 1. The van der Waals surface area contributed by atoms with Gasteiger partial charge in [0.25, 0.3) is 5.19 Å². The summed E-state index contributed by atoms with van der Waals surface area (Å²) < 4.78 is 20.0. The van der Waals surface area contributed by atoms with Crippen LogP contribution >= 0.6 is 22.7 Å². The van der Waals surface area contributed by atoms with Crippen molar-refractivity contribution in [3.8, 4) is 5.19 Å². The van der Waals surface area contributed by atoms with Gasteiger partial charge >= 0.3 is 6.03 Å². The smallest absolute Gasteiger partial charge is 0.317 e. The van der Waals surface area contributed by atoms with Crippen LogP contribution < -0.4 is 10.1 Å². The maximum absolute atomic E-state index is 13.3. The van der Waals surface area contributed by atoms with E-state index in [4.69, 9.17) is 4.74 Å². The lowest BCUT2D eigenvalue weighted by atomic mass is 10.1. The van der Waals surface area contributed by atoms with Gasteiger partial charge in [-0.3, -0.25) is 0 Å². The number of halogens is 1. The first-order valence-electron chi connectivity index (χ1n) is 8.45. The van der Waals surface area contributed by atoms with Gasteiger partial charge in [-0.2, -0.15) is 0 Å². The summed E-state index contributed by atoms with van der Waals surface area (Å²) in [4.78, 5) is 19.6. The molecule has 3 heterocycles. The van der Waals surface area contributed by atoms with Crippen molar-refractivity contribution >= 4 is 38.9 Å². The Hall–Kier alpha value is -2.19. The summed E-state index contributed by atoms with van der Waals surface area (Å²) >= 11 is 2.99. The maximum atomic E-state index is 13.3. The van der Waals surface area contributed by atoms with Gasteiger partial charge in [0.1, 0.15) is 11.9 Å². The highest BCUT2D eigenvalue weighted by Crippen LogP contribution is 2.30. The monoisotopic (exact) mass is 391 g/mol. The first kappa shape index (κ1) is 17.2. The van der Waals surface area contributed by atoms with Crippen LogP contribution in [0.15, 0.2) is 35.7 Å².